The van der Waals surface area contributed by atoms with Gasteiger partial charge in [0.1, 0.15) is 16.2 Å². The molecular weight excluding hydrogens is 651 g/mol. The summed E-state index contributed by atoms with van der Waals surface area (Å²) in [6.45, 7) is 4.57. The first-order valence-electron chi connectivity index (χ1n) is 15.1. The summed E-state index contributed by atoms with van der Waals surface area (Å²) >= 11 is 1.13. The number of alkyl halides is 2. The van der Waals surface area contributed by atoms with Crippen molar-refractivity contribution < 1.29 is 31.8 Å². The van der Waals surface area contributed by atoms with E-state index >= 15 is 8.78 Å². The largest absolute Gasteiger partial charge is 0.386 e. The van der Waals surface area contributed by atoms with E-state index in [1.807, 2.05) is 0 Å². The molecule has 2 fully saturated rings. The molecule has 15 heteroatoms. The Morgan fingerprint density at radius 3 is 2.77 bits per heavy atom. The van der Waals surface area contributed by atoms with Gasteiger partial charge in [-0.05, 0) is 56.7 Å². The molecule has 246 valence electrons. The third-order valence-electron chi connectivity index (χ3n) is 8.55. The minimum absolute atomic E-state index is 0.0875. The summed E-state index contributed by atoms with van der Waals surface area (Å²) in [5, 5.41) is 16.7. The number of halogens is 2. The Bertz CT molecular complexity index is 2200. The van der Waals surface area contributed by atoms with Crippen molar-refractivity contribution in [3.8, 4) is 23.6 Å². The van der Waals surface area contributed by atoms with Crippen LogP contribution in [-0.4, -0.2) is 83.0 Å². The number of hydrogen-bond donors (Lipinski definition) is 1. The molecule has 0 amide bonds. The Labute approximate surface area is 273 Å². The number of anilines is 1. The predicted molar refractivity (Wildman–Crippen MR) is 175 cm³/mol. The fourth-order valence-electron chi connectivity index (χ4n) is 6.51. The topological polar surface area (TPSA) is 133 Å². The normalized spacial score (nSPS) is 21.4. The van der Waals surface area contributed by atoms with Gasteiger partial charge < -0.3 is 19.5 Å². The molecule has 0 spiro atoms. The Kier molecular flexibility index (Phi) is 7.72. The van der Waals surface area contributed by atoms with Crippen molar-refractivity contribution in [3.05, 3.63) is 35.7 Å². The van der Waals surface area contributed by atoms with Gasteiger partial charge in [0.15, 0.2) is 6.23 Å². The van der Waals surface area contributed by atoms with E-state index in [9.17, 15) is 13.5 Å². The third kappa shape index (κ3) is 5.51. The number of thiophene rings is 1. The monoisotopic (exact) mass is 682 g/mol. The zero-order chi connectivity index (χ0) is 33.3. The molecule has 6 heterocycles. The zero-order valence-corrected chi connectivity index (χ0v) is 27.6. The number of β-amino-alcohol motifs (C(OH)–C–C–N with tert-alkyl or cyclic N) is 1. The highest BCUT2D eigenvalue weighted by Gasteiger charge is 2.38. The van der Waals surface area contributed by atoms with Crippen LogP contribution >= 0.6 is 11.3 Å². The van der Waals surface area contributed by atoms with Crippen molar-refractivity contribution in [2.75, 3.05) is 44.1 Å². The first kappa shape index (κ1) is 31.8. The highest BCUT2D eigenvalue weighted by molar-refractivity contribution is 7.90. The lowest BCUT2D eigenvalue weighted by Crippen LogP contribution is -2.42. The molecule has 0 radical (unpaired) electrons. The van der Waals surface area contributed by atoms with Crippen LogP contribution in [-0.2, 0) is 25.2 Å². The van der Waals surface area contributed by atoms with Gasteiger partial charge in [-0.15, -0.1) is 17.8 Å². The summed E-state index contributed by atoms with van der Waals surface area (Å²) in [5.41, 5.74) is -0.384. The first-order valence-corrected chi connectivity index (χ1v) is 17.8. The molecule has 1 aromatic carbocycles. The minimum Gasteiger partial charge on any atom is -0.386 e. The van der Waals surface area contributed by atoms with Crippen LogP contribution in [0.3, 0.4) is 0 Å². The van der Waals surface area contributed by atoms with Crippen molar-refractivity contribution >= 4 is 58.2 Å². The average molecular weight is 683 g/mol. The van der Waals surface area contributed by atoms with Gasteiger partial charge in [-0.3, -0.25) is 4.98 Å². The van der Waals surface area contributed by atoms with Gasteiger partial charge in [0.25, 0.3) is 0 Å². The van der Waals surface area contributed by atoms with E-state index in [2.05, 4.69) is 20.1 Å². The Balaban J connectivity index is 1.55. The zero-order valence-electron chi connectivity index (χ0n) is 26.0. The van der Waals surface area contributed by atoms with Crippen LogP contribution in [0.1, 0.15) is 43.5 Å². The van der Waals surface area contributed by atoms with Crippen LogP contribution in [0.15, 0.2) is 29.7 Å². The second-order valence-electron chi connectivity index (χ2n) is 12.4. The summed E-state index contributed by atoms with van der Waals surface area (Å²) in [4.78, 5) is 15.7. The molecule has 47 heavy (non-hydrogen) atoms. The number of sulfone groups is 1. The van der Waals surface area contributed by atoms with E-state index in [0.29, 0.717) is 44.4 Å². The van der Waals surface area contributed by atoms with Crippen molar-refractivity contribution in [2.24, 2.45) is 0 Å². The molecule has 1 unspecified atom stereocenters. The SMILES string of the molecule is C#CC(F)(F)c1c(C)cc2c(cnn2C2CCCCO2)c1-c1nccc2c1sc1nc(S(C)(=O)=O)nc(N3CCOC[C@@](C)(O)C3)c12. The molecule has 2 aliphatic heterocycles. The van der Waals surface area contributed by atoms with Gasteiger partial charge in [0, 0.05) is 47.5 Å². The molecule has 11 nitrogen and oxygen atoms in total. The minimum atomic E-state index is -3.86. The highest BCUT2D eigenvalue weighted by Crippen LogP contribution is 2.48. The maximum absolute atomic E-state index is 15.7. The van der Waals surface area contributed by atoms with Gasteiger partial charge in [-0.25, -0.2) is 23.1 Å². The van der Waals surface area contributed by atoms with Gasteiger partial charge in [-0.1, -0.05) is 0 Å². The van der Waals surface area contributed by atoms with E-state index in [1.54, 1.807) is 41.5 Å². The number of aromatic nitrogens is 5. The van der Waals surface area contributed by atoms with Gasteiger partial charge in [0.2, 0.25) is 15.0 Å². The second-order valence-corrected chi connectivity index (χ2v) is 15.3. The number of rotatable bonds is 5. The molecule has 0 aliphatic carbocycles. The molecule has 2 saturated heterocycles. The number of ether oxygens (including phenoxy) is 2. The summed E-state index contributed by atoms with van der Waals surface area (Å²) < 4.78 is 70.8. The molecule has 2 aliphatic rings. The fraction of sp³-hybridized carbons (Fsp3) is 0.438. The van der Waals surface area contributed by atoms with Gasteiger partial charge >= 0.3 is 5.92 Å². The lowest BCUT2D eigenvalue weighted by atomic mass is 9.91. The Morgan fingerprint density at radius 1 is 1.23 bits per heavy atom. The smallest absolute Gasteiger partial charge is 0.334 e. The Hall–Kier alpha value is -3.81. The van der Waals surface area contributed by atoms with Crippen LogP contribution in [0.2, 0.25) is 0 Å². The van der Waals surface area contributed by atoms with Crippen molar-refractivity contribution in [1.82, 2.24) is 24.7 Å². The number of terminal acetylenes is 1. The van der Waals surface area contributed by atoms with Crippen molar-refractivity contribution in [2.45, 2.75) is 56.0 Å². The predicted octanol–water partition coefficient (Wildman–Crippen LogP) is 4.98. The number of benzene rings is 1. The van der Waals surface area contributed by atoms with Crippen LogP contribution in [0.4, 0.5) is 14.6 Å². The molecule has 1 N–H and O–H groups in total. The van der Waals surface area contributed by atoms with Crippen molar-refractivity contribution in [3.63, 3.8) is 0 Å². The van der Waals surface area contributed by atoms with Crippen LogP contribution in [0.25, 0.3) is 42.5 Å². The second kappa shape index (κ2) is 11.4. The lowest BCUT2D eigenvalue weighted by molar-refractivity contribution is -0.0366. The quantitative estimate of drug-likeness (QED) is 0.200. The third-order valence-corrected chi connectivity index (χ3v) is 10.5. The van der Waals surface area contributed by atoms with Gasteiger partial charge in [-0.2, -0.15) is 13.9 Å². The molecule has 0 saturated carbocycles. The number of aryl methyl sites for hydroxylation is 1. The molecule has 7 rings (SSSR count). The number of pyridine rings is 1. The molecule has 5 aromatic rings. The molecule has 2 atom stereocenters. The highest BCUT2D eigenvalue weighted by atomic mass is 32.2. The number of nitrogens with zero attached hydrogens (tertiary/aromatic N) is 6. The summed E-state index contributed by atoms with van der Waals surface area (Å²) in [7, 11) is -3.86. The standard InChI is InChI=1S/C32H32F2N6O5S2/c1-5-32(33,34)25-18(2)14-21-20(15-36-40(21)22-8-6-7-12-45-22)23(25)26-27-19(9-10-35-26)24-28(39-11-13-44-17-31(3,41)16-39)37-30(47(4,42)43)38-29(24)46-27/h1,9-10,14-15,22,41H,6-8,11-13,16-17H2,2-4H3/t22?,31-/m0/s1. The first-order chi connectivity index (χ1) is 22.3. The van der Waals surface area contributed by atoms with E-state index in [4.69, 9.17) is 15.9 Å². The average Bonchev–Trinajstić information content (AvgIpc) is 3.57. The van der Waals surface area contributed by atoms with Crippen LogP contribution in [0, 0.1) is 19.3 Å². The number of fused-ring (bicyclic) bond motifs is 4. The van der Waals surface area contributed by atoms with E-state index < -0.39 is 26.5 Å². The van der Waals surface area contributed by atoms with E-state index in [1.165, 1.54) is 12.4 Å². The summed E-state index contributed by atoms with van der Waals surface area (Å²) in [6, 6.07) is 3.38. The number of aliphatic hydroxyl groups is 1. The summed E-state index contributed by atoms with van der Waals surface area (Å²) in [6.07, 6.45) is 11.8. The van der Waals surface area contributed by atoms with Gasteiger partial charge in [0.05, 0.1) is 47.3 Å². The molecule has 4 aromatic heterocycles. The maximum Gasteiger partial charge on any atom is 0.334 e. The fourth-order valence-corrected chi connectivity index (χ4v) is 8.23. The molecular formula is C32H32F2N6O5S2. The number of hydrogen-bond acceptors (Lipinski definition) is 11. The van der Waals surface area contributed by atoms with Crippen LogP contribution in [0.5, 0.6) is 0 Å². The van der Waals surface area contributed by atoms with E-state index in [-0.39, 0.29) is 54.2 Å². The molecule has 0 bridgehead atoms. The lowest BCUT2D eigenvalue weighted by Gasteiger charge is -2.28. The van der Waals surface area contributed by atoms with E-state index in [0.717, 1.165) is 36.9 Å². The summed E-state index contributed by atoms with van der Waals surface area (Å²) in [5.74, 6) is -1.69. The van der Waals surface area contributed by atoms with Crippen LogP contribution < -0.4 is 4.90 Å². The van der Waals surface area contributed by atoms with Crippen molar-refractivity contribution in [1.29, 1.82) is 0 Å². The maximum atomic E-state index is 15.7. The Morgan fingerprint density at radius 2 is 2.04 bits per heavy atom.